The third-order valence-electron chi connectivity index (χ3n) is 2.05. The normalized spacial score (nSPS) is 10.2. The number of carbonyl (C=O) groups is 1. The number of ether oxygens (including phenoxy) is 2. The molecule has 0 aliphatic heterocycles. The molecule has 5 nitrogen and oxygen atoms in total. The number of rotatable bonds is 7. The average Bonchev–Trinajstić information content (AvgIpc) is 2.32. The largest absolute Gasteiger partial charge is 0.463 e. The van der Waals surface area contributed by atoms with E-state index in [4.69, 9.17) is 20.3 Å². The zero-order valence-corrected chi connectivity index (χ0v) is 9.59. The Labute approximate surface area is 100 Å². The summed E-state index contributed by atoms with van der Waals surface area (Å²) >= 11 is 0. The smallest absolute Gasteiger partial charge is 0.310 e. The molecule has 5 heteroatoms. The molecule has 3 N–H and O–H groups in total. The van der Waals surface area contributed by atoms with Crippen molar-refractivity contribution in [2.24, 2.45) is 0 Å². The summed E-state index contributed by atoms with van der Waals surface area (Å²) in [5, 5.41) is 8.45. The molecule has 1 aromatic rings. The number of carbonyl (C=O) groups excluding carboxylic acids is 1. The van der Waals surface area contributed by atoms with Gasteiger partial charge in [0, 0.05) is 5.69 Å². The van der Waals surface area contributed by atoms with E-state index in [-0.39, 0.29) is 32.2 Å². The molecule has 0 aliphatic carbocycles. The summed E-state index contributed by atoms with van der Waals surface area (Å²) in [6.45, 7) is 0.733. The van der Waals surface area contributed by atoms with Crippen LogP contribution in [0.4, 0.5) is 5.69 Å². The first kappa shape index (κ1) is 13.5. The van der Waals surface area contributed by atoms with Gasteiger partial charge in [-0.3, -0.25) is 4.79 Å². The molecule has 94 valence electrons. The van der Waals surface area contributed by atoms with Gasteiger partial charge in [-0.2, -0.15) is 0 Å². The lowest BCUT2D eigenvalue weighted by Gasteiger charge is -2.05. The van der Waals surface area contributed by atoms with Gasteiger partial charge in [0.25, 0.3) is 0 Å². The van der Waals surface area contributed by atoms with Crippen molar-refractivity contribution in [3.05, 3.63) is 29.8 Å². The summed E-state index contributed by atoms with van der Waals surface area (Å²) in [4.78, 5) is 11.4. The van der Waals surface area contributed by atoms with Crippen molar-refractivity contribution < 1.29 is 19.4 Å². The summed E-state index contributed by atoms with van der Waals surface area (Å²) in [6, 6.07) is 7.07. The van der Waals surface area contributed by atoms with Crippen molar-refractivity contribution in [1.82, 2.24) is 0 Å². The second-order valence-corrected chi connectivity index (χ2v) is 3.47. The number of aliphatic hydroxyl groups excluding tert-OH is 1. The number of hydrogen-bond acceptors (Lipinski definition) is 5. The van der Waals surface area contributed by atoms with Gasteiger partial charge in [0.1, 0.15) is 6.61 Å². The lowest BCUT2D eigenvalue weighted by Crippen LogP contribution is -2.13. The lowest BCUT2D eigenvalue weighted by atomic mass is 10.1. The molecule has 0 saturated carbocycles. The minimum absolute atomic E-state index is 0.0284. The molecule has 0 unspecified atom stereocenters. The van der Waals surface area contributed by atoms with Gasteiger partial charge in [-0.15, -0.1) is 0 Å². The van der Waals surface area contributed by atoms with E-state index in [0.717, 1.165) is 5.56 Å². The Hall–Kier alpha value is -1.59. The highest BCUT2D eigenvalue weighted by Crippen LogP contribution is 2.06. The Morgan fingerprint density at radius 3 is 2.53 bits per heavy atom. The van der Waals surface area contributed by atoms with E-state index in [1.54, 1.807) is 24.3 Å². The summed E-state index contributed by atoms with van der Waals surface area (Å²) < 4.78 is 9.90. The standard InChI is InChI=1S/C12H17NO4/c13-11-3-1-10(2-4-11)9-12(15)17-8-7-16-6-5-14/h1-4,14H,5-9,13H2. The maximum atomic E-state index is 11.4. The molecule has 0 amide bonds. The first-order valence-electron chi connectivity index (χ1n) is 5.41. The maximum absolute atomic E-state index is 11.4. The fraction of sp³-hybridized carbons (Fsp3) is 0.417. The van der Waals surface area contributed by atoms with Crippen LogP contribution in [0.3, 0.4) is 0 Å². The van der Waals surface area contributed by atoms with Crippen LogP contribution in [-0.2, 0) is 20.7 Å². The van der Waals surface area contributed by atoms with Gasteiger partial charge < -0.3 is 20.3 Å². The molecular weight excluding hydrogens is 222 g/mol. The number of nitrogens with two attached hydrogens (primary N) is 1. The Balaban J connectivity index is 2.18. The molecule has 0 aliphatic rings. The SMILES string of the molecule is Nc1ccc(CC(=O)OCCOCCO)cc1. The van der Waals surface area contributed by atoms with Gasteiger partial charge >= 0.3 is 5.97 Å². The highest BCUT2D eigenvalue weighted by atomic mass is 16.6. The van der Waals surface area contributed by atoms with Crippen LogP contribution in [0.2, 0.25) is 0 Å². The number of nitrogen functional groups attached to an aromatic ring is 1. The Morgan fingerprint density at radius 2 is 1.88 bits per heavy atom. The summed E-state index contributed by atoms with van der Waals surface area (Å²) in [5.41, 5.74) is 7.06. The van der Waals surface area contributed by atoms with Crippen LogP contribution in [0.15, 0.2) is 24.3 Å². The number of benzene rings is 1. The van der Waals surface area contributed by atoms with E-state index in [9.17, 15) is 4.79 Å². The number of aliphatic hydroxyl groups is 1. The van der Waals surface area contributed by atoms with Crippen LogP contribution in [0, 0.1) is 0 Å². The minimum atomic E-state index is -0.303. The second-order valence-electron chi connectivity index (χ2n) is 3.47. The predicted molar refractivity (Wildman–Crippen MR) is 63.4 cm³/mol. The molecular formula is C12H17NO4. The van der Waals surface area contributed by atoms with Gasteiger partial charge in [0.05, 0.1) is 26.2 Å². The molecule has 1 rings (SSSR count). The maximum Gasteiger partial charge on any atom is 0.310 e. The summed E-state index contributed by atoms with van der Waals surface area (Å²) in [5.74, 6) is -0.303. The second kappa shape index (κ2) is 7.65. The third-order valence-corrected chi connectivity index (χ3v) is 2.05. The zero-order chi connectivity index (χ0) is 12.5. The first-order valence-corrected chi connectivity index (χ1v) is 5.41. The van der Waals surface area contributed by atoms with Gasteiger partial charge in [0.2, 0.25) is 0 Å². The number of anilines is 1. The minimum Gasteiger partial charge on any atom is -0.463 e. The van der Waals surface area contributed by atoms with E-state index < -0.39 is 0 Å². The quantitative estimate of drug-likeness (QED) is 0.408. The molecule has 0 radical (unpaired) electrons. The molecule has 1 aromatic carbocycles. The van der Waals surface area contributed by atoms with Crippen molar-refractivity contribution in [3.8, 4) is 0 Å². The van der Waals surface area contributed by atoms with E-state index in [1.807, 2.05) is 0 Å². The van der Waals surface area contributed by atoms with Crippen LogP contribution in [0.25, 0.3) is 0 Å². The molecule has 0 atom stereocenters. The predicted octanol–water partition coefficient (Wildman–Crippen LogP) is 0.363. The van der Waals surface area contributed by atoms with E-state index in [1.165, 1.54) is 0 Å². The monoisotopic (exact) mass is 239 g/mol. The molecule has 0 saturated heterocycles. The van der Waals surface area contributed by atoms with Crippen molar-refractivity contribution in [2.75, 3.05) is 32.2 Å². The average molecular weight is 239 g/mol. The van der Waals surface area contributed by atoms with Gasteiger partial charge in [-0.1, -0.05) is 12.1 Å². The lowest BCUT2D eigenvalue weighted by molar-refractivity contribution is -0.144. The van der Waals surface area contributed by atoms with Crippen LogP contribution >= 0.6 is 0 Å². The highest BCUT2D eigenvalue weighted by Gasteiger charge is 2.04. The fourth-order valence-corrected chi connectivity index (χ4v) is 1.23. The molecule has 0 spiro atoms. The van der Waals surface area contributed by atoms with Crippen molar-refractivity contribution in [3.63, 3.8) is 0 Å². The number of esters is 1. The molecule has 0 fully saturated rings. The molecule has 17 heavy (non-hydrogen) atoms. The van der Waals surface area contributed by atoms with E-state index in [2.05, 4.69) is 0 Å². The van der Waals surface area contributed by atoms with Crippen LogP contribution in [0.5, 0.6) is 0 Å². The Bertz CT molecular complexity index is 337. The number of hydrogen-bond donors (Lipinski definition) is 2. The van der Waals surface area contributed by atoms with Gasteiger partial charge in [0.15, 0.2) is 0 Å². The van der Waals surface area contributed by atoms with Crippen LogP contribution in [-0.4, -0.2) is 37.5 Å². The summed E-state index contributed by atoms with van der Waals surface area (Å²) in [6.07, 6.45) is 0.222. The fourth-order valence-electron chi connectivity index (χ4n) is 1.23. The highest BCUT2D eigenvalue weighted by molar-refractivity contribution is 5.72. The van der Waals surface area contributed by atoms with Crippen LogP contribution < -0.4 is 5.73 Å². The Kier molecular flexibility index (Phi) is 6.06. The van der Waals surface area contributed by atoms with E-state index in [0.29, 0.717) is 12.3 Å². The van der Waals surface area contributed by atoms with Crippen molar-refractivity contribution in [2.45, 2.75) is 6.42 Å². The third kappa shape index (κ3) is 5.89. The molecule has 0 heterocycles. The molecule has 0 bridgehead atoms. The Morgan fingerprint density at radius 1 is 1.18 bits per heavy atom. The van der Waals surface area contributed by atoms with Crippen LogP contribution in [0.1, 0.15) is 5.56 Å². The van der Waals surface area contributed by atoms with Crippen molar-refractivity contribution >= 4 is 11.7 Å². The van der Waals surface area contributed by atoms with Crippen molar-refractivity contribution in [1.29, 1.82) is 0 Å². The van der Waals surface area contributed by atoms with E-state index >= 15 is 0 Å². The first-order chi connectivity index (χ1) is 8.22. The molecule has 0 aromatic heterocycles. The van der Waals surface area contributed by atoms with Gasteiger partial charge in [-0.25, -0.2) is 0 Å². The summed E-state index contributed by atoms with van der Waals surface area (Å²) in [7, 11) is 0. The topological polar surface area (TPSA) is 81.8 Å². The van der Waals surface area contributed by atoms with Gasteiger partial charge in [-0.05, 0) is 17.7 Å². The zero-order valence-electron chi connectivity index (χ0n) is 9.59.